The van der Waals surface area contributed by atoms with Crippen LogP contribution in [0.5, 0.6) is 0 Å². The molecular formula is C19H26N6O2S. The number of urea groups is 1. The highest BCUT2D eigenvalue weighted by atomic mass is 32.2. The van der Waals surface area contributed by atoms with Gasteiger partial charge in [-0.2, -0.15) is 4.68 Å². The fourth-order valence-electron chi connectivity index (χ4n) is 3.19. The molecule has 3 rings (SSSR count). The first kappa shape index (κ1) is 20.3. The molecule has 9 heteroatoms. The first-order chi connectivity index (χ1) is 13.5. The van der Waals surface area contributed by atoms with Crippen LogP contribution < -0.4 is 10.6 Å². The molecule has 1 saturated carbocycles. The first-order valence-electron chi connectivity index (χ1n) is 9.65. The first-order valence-corrected chi connectivity index (χ1v) is 10.6. The Hall–Kier alpha value is -2.42. The number of carbonyl (C=O) groups is 2. The predicted octanol–water partition coefficient (Wildman–Crippen LogP) is 3.04. The molecule has 28 heavy (non-hydrogen) atoms. The van der Waals surface area contributed by atoms with Gasteiger partial charge in [-0.3, -0.25) is 10.1 Å². The van der Waals surface area contributed by atoms with Gasteiger partial charge in [-0.15, -0.1) is 5.10 Å². The van der Waals surface area contributed by atoms with Crippen molar-refractivity contribution in [3.05, 3.63) is 29.8 Å². The number of rotatable bonds is 6. The van der Waals surface area contributed by atoms with Crippen molar-refractivity contribution < 1.29 is 9.59 Å². The lowest BCUT2D eigenvalue weighted by molar-refractivity contribution is -0.117. The molecule has 1 aromatic heterocycles. The van der Waals surface area contributed by atoms with Crippen molar-refractivity contribution in [3.8, 4) is 5.69 Å². The summed E-state index contributed by atoms with van der Waals surface area (Å²) in [6.07, 6.45) is 5.40. The minimum absolute atomic E-state index is 0.0581. The van der Waals surface area contributed by atoms with E-state index in [9.17, 15) is 9.59 Å². The summed E-state index contributed by atoms with van der Waals surface area (Å²) in [6.45, 7) is 4.27. The quantitative estimate of drug-likeness (QED) is 0.720. The van der Waals surface area contributed by atoms with E-state index < -0.39 is 6.03 Å². The zero-order valence-corrected chi connectivity index (χ0v) is 17.0. The molecule has 8 nitrogen and oxygen atoms in total. The van der Waals surface area contributed by atoms with Crippen LogP contribution in [0.25, 0.3) is 5.69 Å². The smallest absolute Gasteiger partial charge is 0.321 e. The van der Waals surface area contributed by atoms with Crippen molar-refractivity contribution in [2.24, 2.45) is 0 Å². The van der Waals surface area contributed by atoms with Gasteiger partial charge in [-0.1, -0.05) is 57.0 Å². The molecule has 1 aliphatic carbocycles. The number of imide groups is 1. The summed E-state index contributed by atoms with van der Waals surface area (Å²) in [5.74, 6) is 0.131. The number of nitrogens with one attached hydrogen (secondary N) is 2. The monoisotopic (exact) mass is 402 g/mol. The van der Waals surface area contributed by atoms with Gasteiger partial charge >= 0.3 is 6.03 Å². The van der Waals surface area contributed by atoms with Crippen molar-refractivity contribution in [3.63, 3.8) is 0 Å². The summed E-state index contributed by atoms with van der Waals surface area (Å²) in [5.41, 5.74) is 2.06. The van der Waals surface area contributed by atoms with Gasteiger partial charge in [0.15, 0.2) is 0 Å². The number of aromatic nitrogens is 4. The second-order valence-electron chi connectivity index (χ2n) is 7.26. The molecule has 0 bridgehead atoms. The summed E-state index contributed by atoms with van der Waals surface area (Å²) in [6, 6.07) is 7.72. The van der Waals surface area contributed by atoms with E-state index in [4.69, 9.17) is 0 Å². The van der Waals surface area contributed by atoms with Gasteiger partial charge in [0.2, 0.25) is 11.1 Å². The van der Waals surface area contributed by atoms with Gasteiger partial charge < -0.3 is 5.32 Å². The molecule has 0 unspecified atom stereocenters. The fraction of sp³-hybridized carbons (Fsp3) is 0.526. The third kappa shape index (κ3) is 5.54. The maximum Gasteiger partial charge on any atom is 0.321 e. The molecule has 0 spiro atoms. The Labute approximate surface area is 168 Å². The Balaban J connectivity index is 1.51. The maximum absolute atomic E-state index is 12.1. The molecule has 2 N–H and O–H groups in total. The summed E-state index contributed by atoms with van der Waals surface area (Å²) >= 11 is 1.19. The molecule has 2 aromatic rings. The average Bonchev–Trinajstić information content (AvgIpc) is 3.15. The van der Waals surface area contributed by atoms with E-state index in [0.29, 0.717) is 11.1 Å². The number of thioether (sulfide) groups is 1. The molecule has 1 heterocycles. The Kier molecular flexibility index (Phi) is 7.02. The number of carbonyl (C=O) groups excluding carboxylic acids is 2. The molecule has 0 aliphatic heterocycles. The van der Waals surface area contributed by atoms with Crippen LogP contribution in [0.15, 0.2) is 29.4 Å². The van der Waals surface area contributed by atoms with Crippen molar-refractivity contribution >= 4 is 23.7 Å². The highest BCUT2D eigenvalue weighted by molar-refractivity contribution is 7.99. The summed E-state index contributed by atoms with van der Waals surface area (Å²) in [4.78, 5) is 24.0. The lowest BCUT2D eigenvalue weighted by Crippen LogP contribution is -2.45. The summed E-state index contributed by atoms with van der Waals surface area (Å²) < 4.78 is 1.59. The highest BCUT2D eigenvalue weighted by Crippen LogP contribution is 2.21. The normalized spacial score (nSPS) is 14.8. The molecule has 150 valence electrons. The Morgan fingerprint density at radius 3 is 2.57 bits per heavy atom. The van der Waals surface area contributed by atoms with Crippen LogP contribution in [0.1, 0.15) is 57.4 Å². The van der Waals surface area contributed by atoms with Gasteiger partial charge in [0, 0.05) is 6.04 Å². The summed E-state index contributed by atoms with van der Waals surface area (Å²) in [7, 11) is 0. The SMILES string of the molecule is CC(C)c1ccc(-n2nnnc2SCC(=O)NC(=O)NC2CCCCC2)cc1. The molecule has 0 atom stereocenters. The molecule has 1 fully saturated rings. The van der Waals surface area contributed by atoms with Gasteiger partial charge in [-0.05, 0) is 46.9 Å². The lowest BCUT2D eigenvalue weighted by Gasteiger charge is -2.22. The van der Waals surface area contributed by atoms with Crippen molar-refractivity contribution in [1.82, 2.24) is 30.8 Å². The maximum atomic E-state index is 12.1. The number of hydrogen-bond donors (Lipinski definition) is 2. The number of tetrazole rings is 1. The molecule has 0 radical (unpaired) electrons. The molecular weight excluding hydrogens is 376 g/mol. The van der Waals surface area contributed by atoms with Crippen LogP contribution in [0, 0.1) is 0 Å². The lowest BCUT2D eigenvalue weighted by atomic mass is 9.96. The molecule has 1 aromatic carbocycles. The molecule has 3 amide bonds. The van der Waals surface area contributed by atoms with Crippen LogP contribution in [-0.4, -0.2) is 43.9 Å². The van der Waals surface area contributed by atoms with Crippen LogP contribution in [0.2, 0.25) is 0 Å². The number of nitrogens with zero attached hydrogens (tertiary/aromatic N) is 4. The van der Waals surface area contributed by atoms with Crippen molar-refractivity contribution in [2.45, 2.75) is 63.1 Å². The van der Waals surface area contributed by atoms with Crippen molar-refractivity contribution in [2.75, 3.05) is 5.75 Å². The standard InChI is InChI=1S/C19H26N6O2S/c1-13(2)14-8-10-16(11-9-14)25-19(22-23-24-25)28-12-17(26)21-18(27)20-15-6-4-3-5-7-15/h8-11,13,15H,3-7,12H2,1-2H3,(H2,20,21,26,27). The highest BCUT2D eigenvalue weighted by Gasteiger charge is 2.18. The van der Waals surface area contributed by atoms with E-state index >= 15 is 0 Å². The Morgan fingerprint density at radius 1 is 1.18 bits per heavy atom. The van der Waals surface area contributed by atoms with Gasteiger partial charge in [-0.25, -0.2) is 4.79 Å². The van der Waals surface area contributed by atoms with Crippen LogP contribution >= 0.6 is 11.8 Å². The average molecular weight is 403 g/mol. The van der Waals surface area contributed by atoms with Crippen LogP contribution in [0.4, 0.5) is 4.79 Å². The summed E-state index contributed by atoms with van der Waals surface area (Å²) in [5, 5.41) is 17.4. The minimum Gasteiger partial charge on any atom is -0.335 e. The van der Waals surface area contributed by atoms with E-state index in [2.05, 4.69) is 40.0 Å². The molecule has 1 aliphatic rings. The third-order valence-electron chi connectivity index (χ3n) is 4.77. The zero-order chi connectivity index (χ0) is 19.9. The predicted molar refractivity (Wildman–Crippen MR) is 108 cm³/mol. The number of hydrogen-bond acceptors (Lipinski definition) is 6. The van der Waals surface area contributed by atoms with E-state index in [0.717, 1.165) is 31.4 Å². The van der Waals surface area contributed by atoms with E-state index in [1.165, 1.54) is 23.7 Å². The zero-order valence-electron chi connectivity index (χ0n) is 16.2. The number of amides is 3. The van der Waals surface area contributed by atoms with E-state index in [-0.39, 0.29) is 17.7 Å². The third-order valence-corrected chi connectivity index (χ3v) is 5.69. The van der Waals surface area contributed by atoms with Crippen LogP contribution in [-0.2, 0) is 4.79 Å². The van der Waals surface area contributed by atoms with Gasteiger partial charge in [0.05, 0.1) is 11.4 Å². The van der Waals surface area contributed by atoms with Crippen LogP contribution in [0.3, 0.4) is 0 Å². The second-order valence-corrected chi connectivity index (χ2v) is 8.21. The van der Waals surface area contributed by atoms with E-state index in [1.807, 2.05) is 24.3 Å². The minimum atomic E-state index is -0.429. The second kappa shape index (κ2) is 9.68. The Bertz CT molecular complexity index is 799. The molecule has 0 saturated heterocycles. The van der Waals surface area contributed by atoms with Gasteiger partial charge in [0.1, 0.15) is 0 Å². The Morgan fingerprint density at radius 2 is 1.89 bits per heavy atom. The van der Waals surface area contributed by atoms with E-state index in [1.54, 1.807) is 4.68 Å². The number of benzene rings is 1. The largest absolute Gasteiger partial charge is 0.335 e. The topological polar surface area (TPSA) is 102 Å². The van der Waals surface area contributed by atoms with Crippen molar-refractivity contribution in [1.29, 1.82) is 0 Å². The van der Waals surface area contributed by atoms with Gasteiger partial charge in [0.25, 0.3) is 0 Å². The fourth-order valence-corrected chi connectivity index (χ4v) is 3.88.